The van der Waals surface area contributed by atoms with E-state index in [2.05, 4.69) is 11.0 Å². The number of ether oxygens (including phenoxy) is 1. The molecule has 22 heavy (non-hydrogen) atoms. The Morgan fingerprint density at radius 2 is 1.55 bits per heavy atom. The molecule has 4 rings (SSSR count). The van der Waals surface area contributed by atoms with Gasteiger partial charge in [-0.25, -0.2) is 9.97 Å². The van der Waals surface area contributed by atoms with Crippen LogP contribution in [-0.4, -0.2) is 36.3 Å². The average Bonchev–Trinajstić information content (AvgIpc) is 2.62. The third-order valence-electron chi connectivity index (χ3n) is 3.93. The summed E-state index contributed by atoms with van der Waals surface area (Å²) >= 11 is 0. The first-order chi connectivity index (χ1) is 10.9. The number of benzene rings is 2. The summed E-state index contributed by atoms with van der Waals surface area (Å²) in [4.78, 5) is 11.9. The van der Waals surface area contributed by atoms with E-state index in [0.717, 1.165) is 54.4 Å². The molecule has 0 aliphatic carbocycles. The van der Waals surface area contributed by atoms with Crippen LogP contribution in [0.2, 0.25) is 0 Å². The first-order valence-electron chi connectivity index (χ1n) is 7.57. The highest BCUT2D eigenvalue weighted by Crippen LogP contribution is 2.27. The molecule has 110 valence electrons. The minimum atomic E-state index is 0.749. The van der Waals surface area contributed by atoms with Gasteiger partial charge >= 0.3 is 0 Å². The van der Waals surface area contributed by atoms with Crippen LogP contribution in [0.1, 0.15) is 0 Å². The summed E-state index contributed by atoms with van der Waals surface area (Å²) in [6, 6.07) is 18.3. The molecule has 4 nitrogen and oxygen atoms in total. The molecule has 0 spiro atoms. The number of para-hydroxylation sites is 1. The second-order valence-electron chi connectivity index (χ2n) is 5.35. The summed E-state index contributed by atoms with van der Waals surface area (Å²) in [5.41, 5.74) is 2.03. The van der Waals surface area contributed by atoms with Crippen LogP contribution in [0.15, 0.2) is 54.6 Å². The largest absolute Gasteiger partial charge is 0.378 e. The number of hydrogen-bond donors (Lipinski definition) is 0. The van der Waals surface area contributed by atoms with Gasteiger partial charge in [0, 0.05) is 24.0 Å². The van der Waals surface area contributed by atoms with Gasteiger partial charge in [-0.2, -0.15) is 0 Å². The lowest BCUT2D eigenvalue weighted by Crippen LogP contribution is -2.37. The van der Waals surface area contributed by atoms with E-state index in [-0.39, 0.29) is 0 Å². The summed E-state index contributed by atoms with van der Waals surface area (Å²) in [5.74, 6) is 1.79. The predicted molar refractivity (Wildman–Crippen MR) is 88.0 cm³/mol. The smallest absolute Gasteiger partial charge is 0.162 e. The fraction of sp³-hybridized carbons (Fsp3) is 0.222. The molecule has 1 aliphatic heterocycles. The fourth-order valence-electron chi connectivity index (χ4n) is 2.79. The molecule has 0 radical (unpaired) electrons. The summed E-state index contributed by atoms with van der Waals surface area (Å²) < 4.78 is 5.46. The number of morpholine rings is 1. The van der Waals surface area contributed by atoms with Gasteiger partial charge in [0.15, 0.2) is 5.82 Å². The number of aromatic nitrogens is 2. The van der Waals surface area contributed by atoms with Gasteiger partial charge in [-0.1, -0.05) is 42.5 Å². The van der Waals surface area contributed by atoms with Crippen molar-refractivity contribution in [1.82, 2.24) is 9.97 Å². The molecule has 1 saturated heterocycles. The molecule has 0 N–H and O–H groups in total. The second kappa shape index (κ2) is 5.73. The van der Waals surface area contributed by atoms with E-state index < -0.39 is 0 Å². The van der Waals surface area contributed by atoms with Crippen molar-refractivity contribution < 1.29 is 4.74 Å². The highest BCUT2D eigenvalue weighted by atomic mass is 16.5. The Balaban J connectivity index is 1.89. The summed E-state index contributed by atoms with van der Waals surface area (Å²) in [6.45, 7) is 3.24. The van der Waals surface area contributed by atoms with Gasteiger partial charge in [-0.05, 0) is 12.1 Å². The van der Waals surface area contributed by atoms with Crippen LogP contribution < -0.4 is 4.90 Å². The lowest BCUT2D eigenvalue weighted by Gasteiger charge is -2.29. The Labute approximate surface area is 129 Å². The van der Waals surface area contributed by atoms with Crippen molar-refractivity contribution in [3.05, 3.63) is 54.6 Å². The molecule has 1 aliphatic rings. The van der Waals surface area contributed by atoms with E-state index in [1.54, 1.807) is 0 Å². The summed E-state index contributed by atoms with van der Waals surface area (Å²) in [7, 11) is 0. The van der Waals surface area contributed by atoms with Crippen molar-refractivity contribution in [2.45, 2.75) is 0 Å². The third-order valence-corrected chi connectivity index (χ3v) is 3.93. The normalized spacial score (nSPS) is 15.2. The van der Waals surface area contributed by atoms with Crippen molar-refractivity contribution >= 4 is 16.7 Å². The zero-order valence-electron chi connectivity index (χ0n) is 12.3. The Hall–Kier alpha value is -2.46. The molecule has 1 fully saturated rings. The number of fused-ring (bicyclic) bond motifs is 1. The van der Waals surface area contributed by atoms with Crippen LogP contribution in [0.5, 0.6) is 0 Å². The van der Waals surface area contributed by atoms with E-state index in [9.17, 15) is 0 Å². The zero-order valence-corrected chi connectivity index (χ0v) is 12.3. The molecule has 0 amide bonds. The fourth-order valence-corrected chi connectivity index (χ4v) is 2.79. The van der Waals surface area contributed by atoms with E-state index in [4.69, 9.17) is 14.7 Å². The molecule has 0 saturated carbocycles. The number of anilines is 1. The molecule has 3 aromatic rings. The van der Waals surface area contributed by atoms with Crippen molar-refractivity contribution in [3.63, 3.8) is 0 Å². The minimum Gasteiger partial charge on any atom is -0.378 e. The van der Waals surface area contributed by atoms with Crippen LogP contribution in [0, 0.1) is 0 Å². The van der Waals surface area contributed by atoms with Crippen LogP contribution >= 0.6 is 0 Å². The van der Waals surface area contributed by atoms with Crippen molar-refractivity contribution in [3.8, 4) is 11.4 Å². The lowest BCUT2D eigenvalue weighted by atomic mass is 10.1. The number of hydrogen-bond acceptors (Lipinski definition) is 4. The van der Waals surface area contributed by atoms with Gasteiger partial charge in [0.25, 0.3) is 0 Å². The molecule has 2 heterocycles. The monoisotopic (exact) mass is 291 g/mol. The number of nitrogens with zero attached hydrogens (tertiary/aromatic N) is 3. The van der Waals surface area contributed by atoms with Gasteiger partial charge in [-0.3, -0.25) is 0 Å². The number of rotatable bonds is 2. The Kier molecular flexibility index (Phi) is 3.45. The summed E-state index contributed by atoms with van der Waals surface area (Å²) in [5, 5.41) is 1.10. The molecule has 0 unspecified atom stereocenters. The maximum Gasteiger partial charge on any atom is 0.162 e. The van der Waals surface area contributed by atoms with Crippen LogP contribution in [0.4, 0.5) is 5.82 Å². The lowest BCUT2D eigenvalue weighted by molar-refractivity contribution is 0.122. The van der Waals surface area contributed by atoms with E-state index in [1.165, 1.54) is 0 Å². The highest BCUT2D eigenvalue weighted by molar-refractivity contribution is 5.91. The topological polar surface area (TPSA) is 38.2 Å². The van der Waals surface area contributed by atoms with Gasteiger partial charge in [-0.15, -0.1) is 0 Å². The van der Waals surface area contributed by atoms with Gasteiger partial charge in [0.1, 0.15) is 5.82 Å². The Bertz CT molecular complexity index is 783. The third kappa shape index (κ3) is 2.42. The highest BCUT2D eigenvalue weighted by Gasteiger charge is 2.17. The molecule has 0 atom stereocenters. The van der Waals surface area contributed by atoms with Crippen molar-refractivity contribution in [2.24, 2.45) is 0 Å². The van der Waals surface area contributed by atoms with Crippen LogP contribution in [-0.2, 0) is 4.74 Å². The SMILES string of the molecule is c1ccc(-c2nc(N3CCOCC3)c3ccccc3n2)cc1. The van der Waals surface area contributed by atoms with Crippen molar-refractivity contribution in [1.29, 1.82) is 0 Å². The van der Waals surface area contributed by atoms with Gasteiger partial charge in [0.2, 0.25) is 0 Å². The van der Waals surface area contributed by atoms with E-state index >= 15 is 0 Å². The quantitative estimate of drug-likeness (QED) is 0.727. The second-order valence-corrected chi connectivity index (χ2v) is 5.35. The van der Waals surface area contributed by atoms with Crippen LogP contribution in [0.25, 0.3) is 22.3 Å². The molecule has 0 bridgehead atoms. The molecule has 4 heteroatoms. The maximum atomic E-state index is 5.46. The maximum absolute atomic E-state index is 5.46. The molecule has 1 aromatic heterocycles. The summed E-state index contributed by atoms with van der Waals surface area (Å²) in [6.07, 6.45) is 0. The van der Waals surface area contributed by atoms with Gasteiger partial charge < -0.3 is 9.64 Å². The predicted octanol–water partition coefficient (Wildman–Crippen LogP) is 3.13. The first kappa shape index (κ1) is 13.2. The average molecular weight is 291 g/mol. The standard InChI is InChI=1S/C18H17N3O/c1-2-6-14(7-3-1)17-19-16-9-5-4-8-15(16)18(20-17)21-10-12-22-13-11-21/h1-9H,10-13H2. The Morgan fingerprint density at radius 1 is 0.818 bits per heavy atom. The van der Waals surface area contributed by atoms with E-state index in [1.807, 2.05) is 48.5 Å². The van der Waals surface area contributed by atoms with Crippen molar-refractivity contribution in [2.75, 3.05) is 31.2 Å². The molecule has 2 aromatic carbocycles. The Morgan fingerprint density at radius 3 is 2.36 bits per heavy atom. The minimum absolute atomic E-state index is 0.749. The molecular formula is C18H17N3O. The van der Waals surface area contributed by atoms with Crippen LogP contribution in [0.3, 0.4) is 0 Å². The van der Waals surface area contributed by atoms with E-state index in [0.29, 0.717) is 0 Å². The first-order valence-corrected chi connectivity index (χ1v) is 7.57. The molecular weight excluding hydrogens is 274 g/mol. The zero-order chi connectivity index (χ0) is 14.8. The van der Waals surface area contributed by atoms with Gasteiger partial charge in [0.05, 0.1) is 18.7 Å².